The highest BCUT2D eigenvalue weighted by molar-refractivity contribution is 7.11. The van der Waals surface area contributed by atoms with Gasteiger partial charge in [0, 0.05) is 28.1 Å². The first kappa shape index (κ1) is 11.4. The third-order valence-corrected chi connectivity index (χ3v) is 3.87. The molecule has 86 valence electrons. The molecule has 4 heteroatoms. The molecule has 0 unspecified atom stereocenters. The van der Waals surface area contributed by atoms with Crippen LogP contribution in [0, 0.1) is 6.92 Å². The zero-order valence-electron chi connectivity index (χ0n) is 9.73. The zero-order valence-corrected chi connectivity index (χ0v) is 10.5. The van der Waals surface area contributed by atoms with Crippen molar-refractivity contribution in [1.29, 1.82) is 0 Å². The van der Waals surface area contributed by atoms with Crippen LogP contribution in [0.15, 0.2) is 18.3 Å². The van der Waals surface area contributed by atoms with Gasteiger partial charge in [-0.25, -0.2) is 0 Å². The molecule has 2 aromatic heterocycles. The van der Waals surface area contributed by atoms with Crippen LogP contribution in [-0.4, -0.2) is 9.78 Å². The predicted octanol–water partition coefficient (Wildman–Crippen LogP) is 2.32. The minimum atomic E-state index is 0.566. The van der Waals surface area contributed by atoms with Gasteiger partial charge >= 0.3 is 0 Å². The van der Waals surface area contributed by atoms with E-state index in [0.29, 0.717) is 6.54 Å². The topological polar surface area (TPSA) is 43.8 Å². The first-order valence-corrected chi connectivity index (χ1v) is 6.35. The maximum absolute atomic E-state index is 5.63. The third kappa shape index (κ3) is 2.33. The normalized spacial score (nSPS) is 10.9. The Balaban J connectivity index is 2.13. The number of nitrogens with zero attached hydrogens (tertiary/aromatic N) is 2. The monoisotopic (exact) mass is 235 g/mol. The molecule has 0 fully saturated rings. The maximum Gasteiger partial charge on any atom is 0.0752 e. The molecule has 0 aromatic carbocycles. The summed E-state index contributed by atoms with van der Waals surface area (Å²) in [6.07, 6.45) is 3.15. The largest absolute Gasteiger partial charge is 0.326 e. The van der Waals surface area contributed by atoms with E-state index in [4.69, 9.17) is 5.73 Å². The van der Waals surface area contributed by atoms with Crippen molar-refractivity contribution in [2.75, 3.05) is 0 Å². The lowest BCUT2D eigenvalue weighted by atomic mass is 10.3. The van der Waals surface area contributed by atoms with E-state index in [1.54, 1.807) is 0 Å². The van der Waals surface area contributed by atoms with E-state index in [1.165, 1.54) is 9.75 Å². The van der Waals surface area contributed by atoms with E-state index in [2.05, 4.69) is 24.2 Å². The Kier molecular flexibility index (Phi) is 3.41. The average molecular weight is 235 g/mol. The molecule has 2 heterocycles. The highest BCUT2D eigenvalue weighted by atomic mass is 32.1. The Labute approximate surface area is 99.9 Å². The fraction of sp³-hybridized carbons (Fsp3) is 0.417. The quantitative estimate of drug-likeness (QED) is 0.884. The van der Waals surface area contributed by atoms with Gasteiger partial charge in [0.15, 0.2) is 0 Å². The lowest BCUT2D eigenvalue weighted by molar-refractivity contribution is 0.687. The van der Waals surface area contributed by atoms with Gasteiger partial charge in [-0.15, -0.1) is 11.3 Å². The summed E-state index contributed by atoms with van der Waals surface area (Å²) in [5.74, 6) is 0. The molecule has 16 heavy (non-hydrogen) atoms. The Morgan fingerprint density at radius 3 is 2.69 bits per heavy atom. The van der Waals surface area contributed by atoms with Crippen molar-refractivity contribution in [1.82, 2.24) is 9.78 Å². The fourth-order valence-corrected chi connectivity index (χ4v) is 2.65. The molecule has 0 spiro atoms. The van der Waals surface area contributed by atoms with E-state index in [1.807, 2.05) is 29.1 Å². The highest BCUT2D eigenvalue weighted by Crippen LogP contribution is 2.18. The molecule has 0 saturated carbocycles. The van der Waals surface area contributed by atoms with Crippen LogP contribution in [0.3, 0.4) is 0 Å². The summed E-state index contributed by atoms with van der Waals surface area (Å²) in [5.41, 5.74) is 7.80. The van der Waals surface area contributed by atoms with Gasteiger partial charge in [-0.3, -0.25) is 4.68 Å². The van der Waals surface area contributed by atoms with Crippen LogP contribution in [-0.2, 0) is 19.5 Å². The molecule has 0 atom stereocenters. The highest BCUT2D eigenvalue weighted by Gasteiger charge is 2.05. The second-order valence-corrected chi connectivity index (χ2v) is 5.12. The molecule has 3 nitrogen and oxygen atoms in total. The van der Waals surface area contributed by atoms with Gasteiger partial charge in [0.2, 0.25) is 0 Å². The molecule has 0 aliphatic carbocycles. The summed E-state index contributed by atoms with van der Waals surface area (Å²) in [7, 11) is 0. The van der Waals surface area contributed by atoms with Crippen molar-refractivity contribution in [3.8, 4) is 0 Å². The fourth-order valence-electron chi connectivity index (χ4n) is 1.70. The lowest BCUT2D eigenvalue weighted by Crippen LogP contribution is -1.98. The van der Waals surface area contributed by atoms with Gasteiger partial charge in [0.05, 0.1) is 12.2 Å². The molecule has 2 aromatic rings. The van der Waals surface area contributed by atoms with Crippen LogP contribution in [0.4, 0.5) is 0 Å². The molecule has 0 saturated heterocycles. The van der Waals surface area contributed by atoms with Crippen molar-refractivity contribution in [3.05, 3.63) is 39.3 Å². The lowest BCUT2D eigenvalue weighted by Gasteiger charge is -1.97. The third-order valence-electron chi connectivity index (χ3n) is 2.65. The Morgan fingerprint density at radius 2 is 2.12 bits per heavy atom. The summed E-state index contributed by atoms with van der Waals surface area (Å²) in [6, 6.07) is 4.38. The second-order valence-electron chi connectivity index (χ2n) is 3.86. The van der Waals surface area contributed by atoms with E-state index < -0.39 is 0 Å². The smallest absolute Gasteiger partial charge is 0.0752 e. The molecule has 2 rings (SSSR count). The van der Waals surface area contributed by atoms with Crippen molar-refractivity contribution in [2.45, 2.75) is 33.4 Å². The summed E-state index contributed by atoms with van der Waals surface area (Å²) < 4.78 is 1.98. The van der Waals surface area contributed by atoms with Gasteiger partial charge in [-0.1, -0.05) is 6.92 Å². The number of nitrogens with two attached hydrogens (primary N) is 1. The van der Waals surface area contributed by atoms with Gasteiger partial charge in [-0.05, 0) is 25.5 Å². The van der Waals surface area contributed by atoms with Gasteiger partial charge in [-0.2, -0.15) is 5.10 Å². The van der Waals surface area contributed by atoms with Crippen LogP contribution < -0.4 is 5.73 Å². The molecular weight excluding hydrogens is 218 g/mol. The van der Waals surface area contributed by atoms with Crippen molar-refractivity contribution >= 4 is 11.3 Å². The first-order valence-electron chi connectivity index (χ1n) is 5.53. The predicted molar refractivity (Wildman–Crippen MR) is 67.7 cm³/mol. The van der Waals surface area contributed by atoms with E-state index in [9.17, 15) is 0 Å². The van der Waals surface area contributed by atoms with Crippen LogP contribution in [0.1, 0.15) is 27.9 Å². The van der Waals surface area contributed by atoms with Crippen LogP contribution in [0.25, 0.3) is 0 Å². The first-order chi connectivity index (χ1) is 7.72. The van der Waals surface area contributed by atoms with Gasteiger partial charge < -0.3 is 5.73 Å². The number of rotatable bonds is 4. The Hall–Kier alpha value is -1.13. The summed E-state index contributed by atoms with van der Waals surface area (Å²) in [6.45, 7) is 5.60. The van der Waals surface area contributed by atoms with E-state index >= 15 is 0 Å². The Morgan fingerprint density at radius 1 is 1.38 bits per heavy atom. The number of hydrogen-bond acceptors (Lipinski definition) is 3. The average Bonchev–Trinajstić information content (AvgIpc) is 2.85. The minimum absolute atomic E-state index is 0.566. The molecular formula is C12H17N3S. The van der Waals surface area contributed by atoms with Crippen molar-refractivity contribution < 1.29 is 0 Å². The molecule has 0 aliphatic heterocycles. The number of aromatic nitrogens is 2. The number of thiophene rings is 1. The maximum atomic E-state index is 5.63. The molecule has 0 bridgehead atoms. The SMILES string of the molecule is CCc1ccc(Cn2cc(CN)c(C)n2)s1. The van der Waals surface area contributed by atoms with Gasteiger partial charge in [0.25, 0.3) is 0 Å². The standard InChI is InChI=1S/C12H17N3S/c1-3-11-4-5-12(16-11)8-15-7-10(6-13)9(2)14-15/h4-5,7H,3,6,8,13H2,1-2H3. The number of aryl methyl sites for hydroxylation is 2. The molecule has 0 amide bonds. The van der Waals surface area contributed by atoms with Crippen molar-refractivity contribution in [2.24, 2.45) is 5.73 Å². The zero-order chi connectivity index (χ0) is 11.5. The van der Waals surface area contributed by atoms with Crippen LogP contribution >= 0.6 is 11.3 Å². The number of hydrogen-bond donors (Lipinski definition) is 1. The van der Waals surface area contributed by atoms with E-state index in [0.717, 1.165) is 24.2 Å². The summed E-state index contributed by atoms with van der Waals surface area (Å²) >= 11 is 1.86. The Bertz CT molecular complexity index is 470. The second kappa shape index (κ2) is 4.80. The molecule has 0 radical (unpaired) electrons. The minimum Gasteiger partial charge on any atom is -0.326 e. The van der Waals surface area contributed by atoms with Crippen molar-refractivity contribution in [3.63, 3.8) is 0 Å². The van der Waals surface area contributed by atoms with E-state index in [-0.39, 0.29) is 0 Å². The summed E-state index contributed by atoms with van der Waals surface area (Å²) in [4.78, 5) is 2.78. The van der Waals surface area contributed by atoms with Gasteiger partial charge in [0.1, 0.15) is 0 Å². The van der Waals surface area contributed by atoms with Crippen LogP contribution in [0.5, 0.6) is 0 Å². The molecule has 0 aliphatic rings. The molecule has 2 N–H and O–H groups in total. The summed E-state index contributed by atoms with van der Waals surface area (Å²) in [5, 5.41) is 4.46. The van der Waals surface area contributed by atoms with Crippen LogP contribution in [0.2, 0.25) is 0 Å².